The van der Waals surface area contributed by atoms with E-state index < -0.39 is 12.0 Å². The Labute approximate surface area is 142 Å². The van der Waals surface area contributed by atoms with Gasteiger partial charge in [0.1, 0.15) is 16.7 Å². The van der Waals surface area contributed by atoms with Gasteiger partial charge in [-0.2, -0.15) is 0 Å². The molecule has 120 valence electrons. The van der Waals surface area contributed by atoms with Gasteiger partial charge in [0.05, 0.1) is 5.02 Å². The first-order valence-corrected chi connectivity index (χ1v) is 8.58. The van der Waals surface area contributed by atoms with E-state index in [1.54, 1.807) is 11.4 Å². The molecule has 5 nitrogen and oxygen atoms in total. The number of likely N-dealkylation sites (tertiary alicyclic amines) is 1. The highest BCUT2D eigenvalue weighted by Crippen LogP contribution is 2.31. The zero-order valence-electron chi connectivity index (χ0n) is 12.2. The molecule has 0 saturated carbocycles. The lowest BCUT2D eigenvalue weighted by atomic mass is 10.0. The Morgan fingerprint density at radius 3 is 2.83 bits per heavy atom. The van der Waals surface area contributed by atoms with Crippen LogP contribution in [0, 0.1) is 0 Å². The fourth-order valence-electron chi connectivity index (χ4n) is 2.71. The van der Waals surface area contributed by atoms with Crippen LogP contribution < -0.4 is 0 Å². The summed E-state index contributed by atoms with van der Waals surface area (Å²) in [5.41, 5.74) is 1.05. The number of hydrogen-bond acceptors (Lipinski definition) is 4. The van der Waals surface area contributed by atoms with Gasteiger partial charge >= 0.3 is 5.97 Å². The van der Waals surface area contributed by atoms with E-state index in [9.17, 15) is 14.7 Å². The number of thiazole rings is 1. The smallest absolute Gasteiger partial charge is 0.326 e. The molecule has 1 atom stereocenters. The van der Waals surface area contributed by atoms with Gasteiger partial charge in [0, 0.05) is 17.5 Å². The maximum atomic E-state index is 12.6. The normalized spacial score (nSPS) is 18.0. The van der Waals surface area contributed by atoms with Crippen molar-refractivity contribution in [3.63, 3.8) is 0 Å². The minimum absolute atomic E-state index is 0.276. The molecule has 1 aromatic heterocycles. The monoisotopic (exact) mass is 350 g/mol. The Balaban J connectivity index is 1.86. The van der Waals surface area contributed by atoms with Crippen LogP contribution in [0.1, 0.15) is 29.8 Å². The van der Waals surface area contributed by atoms with Crippen molar-refractivity contribution >= 4 is 34.8 Å². The Hall–Kier alpha value is -1.92. The van der Waals surface area contributed by atoms with Crippen molar-refractivity contribution in [2.24, 2.45) is 0 Å². The molecule has 2 heterocycles. The summed E-state index contributed by atoms with van der Waals surface area (Å²) in [5.74, 6) is -1.29. The summed E-state index contributed by atoms with van der Waals surface area (Å²) in [6, 6.07) is 6.54. The predicted octanol–water partition coefficient (Wildman–Crippen LogP) is 3.54. The van der Waals surface area contributed by atoms with Crippen molar-refractivity contribution in [3.05, 3.63) is 40.4 Å². The topological polar surface area (TPSA) is 70.5 Å². The summed E-state index contributed by atoms with van der Waals surface area (Å²) in [7, 11) is 0. The van der Waals surface area contributed by atoms with Crippen molar-refractivity contribution in [2.75, 3.05) is 6.54 Å². The molecule has 0 aliphatic carbocycles. The summed E-state index contributed by atoms with van der Waals surface area (Å²) in [6.07, 6.45) is 2.13. The van der Waals surface area contributed by atoms with E-state index in [0.717, 1.165) is 18.4 Å². The molecule has 1 fully saturated rings. The molecule has 2 aromatic rings. The maximum absolute atomic E-state index is 12.6. The number of carbonyl (C=O) groups excluding carboxylic acids is 1. The molecule has 1 saturated heterocycles. The molecule has 0 unspecified atom stereocenters. The summed E-state index contributed by atoms with van der Waals surface area (Å²) in [6.45, 7) is 0.453. The number of carboxylic acids is 1. The lowest BCUT2D eigenvalue weighted by Crippen LogP contribution is -2.48. The minimum Gasteiger partial charge on any atom is -0.480 e. The van der Waals surface area contributed by atoms with Crippen molar-refractivity contribution in [3.8, 4) is 10.6 Å². The average molecular weight is 351 g/mol. The molecule has 0 radical (unpaired) electrons. The second kappa shape index (κ2) is 6.68. The standard InChI is InChI=1S/C16H15ClN2O3S/c17-11-6-2-1-5-10(11)14-18-12(9-23-14)15(20)19-8-4-3-7-13(19)16(21)22/h1-2,5-6,9,13H,3-4,7-8H2,(H,21,22)/t13-/m1/s1. The molecule has 3 rings (SSSR count). The number of aliphatic carboxylic acids is 1. The van der Waals surface area contributed by atoms with E-state index in [4.69, 9.17) is 11.6 Å². The second-order valence-corrected chi connectivity index (χ2v) is 6.63. The van der Waals surface area contributed by atoms with Crippen LogP contribution in [0.2, 0.25) is 5.02 Å². The zero-order chi connectivity index (χ0) is 16.4. The number of hydrogen-bond donors (Lipinski definition) is 1. The molecule has 1 N–H and O–H groups in total. The molecule has 0 bridgehead atoms. The van der Waals surface area contributed by atoms with Crippen LogP contribution >= 0.6 is 22.9 Å². The number of benzene rings is 1. The van der Waals surface area contributed by atoms with Gasteiger partial charge in [0.25, 0.3) is 5.91 Å². The van der Waals surface area contributed by atoms with Crippen LogP contribution in [0.15, 0.2) is 29.6 Å². The molecule has 1 amide bonds. The fraction of sp³-hybridized carbons (Fsp3) is 0.312. The fourth-order valence-corrected chi connectivity index (χ4v) is 3.82. The molecule has 23 heavy (non-hydrogen) atoms. The Kier molecular flexibility index (Phi) is 4.63. The Morgan fingerprint density at radius 1 is 1.30 bits per heavy atom. The van der Waals surface area contributed by atoms with E-state index in [0.29, 0.717) is 23.0 Å². The van der Waals surface area contributed by atoms with Gasteiger partial charge in [-0.1, -0.05) is 29.8 Å². The quantitative estimate of drug-likeness (QED) is 0.919. The average Bonchev–Trinajstić information content (AvgIpc) is 3.04. The lowest BCUT2D eigenvalue weighted by molar-refractivity contribution is -0.143. The van der Waals surface area contributed by atoms with Crippen molar-refractivity contribution < 1.29 is 14.7 Å². The van der Waals surface area contributed by atoms with Gasteiger partial charge in [-0.15, -0.1) is 11.3 Å². The highest BCUT2D eigenvalue weighted by Gasteiger charge is 2.33. The summed E-state index contributed by atoms with van der Waals surface area (Å²) < 4.78 is 0. The third-order valence-electron chi connectivity index (χ3n) is 3.88. The van der Waals surface area contributed by atoms with Crippen LogP contribution in [0.25, 0.3) is 10.6 Å². The maximum Gasteiger partial charge on any atom is 0.326 e. The molecular formula is C16H15ClN2O3S. The second-order valence-electron chi connectivity index (χ2n) is 5.37. The minimum atomic E-state index is -0.959. The first-order chi connectivity index (χ1) is 11.1. The number of piperidine rings is 1. The van der Waals surface area contributed by atoms with Crippen molar-refractivity contribution in [1.82, 2.24) is 9.88 Å². The summed E-state index contributed by atoms with van der Waals surface area (Å²) >= 11 is 7.48. The van der Waals surface area contributed by atoms with Gasteiger partial charge in [0.2, 0.25) is 0 Å². The van der Waals surface area contributed by atoms with E-state index in [2.05, 4.69) is 4.98 Å². The number of aromatic nitrogens is 1. The first kappa shape index (κ1) is 16.0. The van der Waals surface area contributed by atoms with Gasteiger partial charge in [-0.05, 0) is 25.3 Å². The molecule has 1 aliphatic heterocycles. The van der Waals surface area contributed by atoms with E-state index in [1.165, 1.54) is 16.2 Å². The third kappa shape index (κ3) is 3.23. The number of amides is 1. The van der Waals surface area contributed by atoms with Crippen molar-refractivity contribution in [1.29, 1.82) is 0 Å². The van der Waals surface area contributed by atoms with Gasteiger partial charge in [-0.25, -0.2) is 9.78 Å². The lowest BCUT2D eigenvalue weighted by Gasteiger charge is -2.32. The summed E-state index contributed by atoms with van der Waals surface area (Å²) in [5, 5.41) is 12.2. The largest absolute Gasteiger partial charge is 0.480 e. The molecular weight excluding hydrogens is 336 g/mol. The molecule has 1 aromatic carbocycles. The number of carbonyl (C=O) groups is 2. The first-order valence-electron chi connectivity index (χ1n) is 7.32. The molecule has 7 heteroatoms. The highest BCUT2D eigenvalue weighted by molar-refractivity contribution is 7.13. The van der Waals surface area contributed by atoms with Crippen LogP contribution in [0.3, 0.4) is 0 Å². The molecule has 1 aliphatic rings. The number of halogens is 1. The molecule has 0 spiro atoms. The van der Waals surface area contributed by atoms with Crippen LogP contribution in [0.4, 0.5) is 0 Å². The third-order valence-corrected chi connectivity index (χ3v) is 5.08. The van der Waals surface area contributed by atoms with E-state index in [1.807, 2.05) is 18.2 Å². The summed E-state index contributed by atoms with van der Waals surface area (Å²) in [4.78, 5) is 29.7. The highest BCUT2D eigenvalue weighted by atomic mass is 35.5. The predicted molar refractivity (Wildman–Crippen MR) is 88.9 cm³/mol. The van der Waals surface area contributed by atoms with E-state index in [-0.39, 0.29) is 11.6 Å². The van der Waals surface area contributed by atoms with Crippen LogP contribution in [-0.2, 0) is 4.79 Å². The zero-order valence-corrected chi connectivity index (χ0v) is 13.8. The Morgan fingerprint density at radius 2 is 2.09 bits per heavy atom. The van der Waals surface area contributed by atoms with Gasteiger partial charge < -0.3 is 10.0 Å². The SMILES string of the molecule is O=C(O)[C@H]1CCCCN1C(=O)c1csc(-c2ccccc2Cl)n1. The van der Waals surface area contributed by atoms with Gasteiger partial charge in [-0.3, -0.25) is 4.79 Å². The Bertz CT molecular complexity index is 746. The number of nitrogens with zero attached hydrogens (tertiary/aromatic N) is 2. The number of carboxylic acid groups (broad SMARTS) is 1. The van der Waals surface area contributed by atoms with E-state index >= 15 is 0 Å². The van der Waals surface area contributed by atoms with Crippen LogP contribution in [0.5, 0.6) is 0 Å². The van der Waals surface area contributed by atoms with Crippen molar-refractivity contribution in [2.45, 2.75) is 25.3 Å². The van der Waals surface area contributed by atoms with Crippen LogP contribution in [-0.4, -0.2) is 39.5 Å². The van der Waals surface area contributed by atoms with Gasteiger partial charge in [0.15, 0.2) is 0 Å². The number of rotatable bonds is 3.